The van der Waals surface area contributed by atoms with E-state index >= 15 is 0 Å². The van der Waals surface area contributed by atoms with Gasteiger partial charge >= 0.3 is 0 Å². The Morgan fingerprint density at radius 3 is 2.71 bits per heavy atom. The lowest BCUT2D eigenvalue weighted by Gasteiger charge is -2.31. The maximum atomic E-state index is 12.7. The van der Waals surface area contributed by atoms with Crippen molar-refractivity contribution in [1.82, 2.24) is 10.2 Å². The molecule has 0 saturated carbocycles. The van der Waals surface area contributed by atoms with Crippen LogP contribution in [0.15, 0.2) is 18.2 Å². The third kappa shape index (κ3) is 4.61. The van der Waals surface area contributed by atoms with Crippen LogP contribution in [0.2, 0.25) is 5.02 Å². The van der Waals surface area contributed by atoms with Gasteiger partial charge in [0.15, 0.2) is 0 Å². The maximum absolute atomic E-state index is 12.7. The third-order valence-electron chi connectivity index (χ3n) is 4.18. The number of aliphatic hydroxyl groups is 1. The number of benzene rings is 1. The van der Waals surface area contributed by atoms with Gasteiger partial charge in [-0.2, -0.15) is 0 Å². The van der Waals surface area contributed by atoms with Crippen LogP contribution in [-0.2, 0) is 4.79 Å². The van der Waals surface area contributed by atoms with Gasteiger partial charge in [0.25, 0.3) is 5.91 Å². The maximum Gasteiger partial charge on any atom is 0.257 e. The number of likely N-dealkylation sites (tertiary alicyclic amines) is 1. The number of hydrogen-bond donors (Lipinski definition) is 2. The average molecular weight is 355 g/mol. The van der Waals surface area contributed by atoms with E-state index < -0.39 is 0 Å². The standard InChI is InChI=1S/C17H23ClN2O4/c1-24-15-4-3-13(18)11-14(15)17(23)20-8-5-12(6-9-20)16(22)19-7-2-10-21/h3-4,11-12,21H,2,5-10H2,1H3,(H,19,22). The number of nitrogens with one attached hydrogen (secondary N) is 1. The molecule has 24 heavy (non-hydrogen) atoms. The molecule has 2 N–H and O–H groups in total. The summed E-state index contributed by atoms with van der Waals surface area (Å²) < 4.78 is 5.24. The minimum atomic E-state index is -0.131. The number of halogens is 1. The van der Waals surface area contributed by atoms with E-state index in [-0.39, 0.29) is 24.3 Å². The van der Waals surface area contributed by atoms with Crippen LogP contribution in [0.4, 0.5) is 0 Å². The number of hydrogen-bond acceptors (Lipinski definition) is 4. The zero-order valence-corrected chi connectivity index (χ0v) is 14.5. The Hall–Kier alpha value is -1.79. The molecule has 0 radical (unpaired) electrons. The van der Waals surface area contributed by atoms with Crippen LogP contribution in [0.5, 0.6) is 5.75 Å². The number of rotatable bonds is 6. The van der Waals surface area contributed by atoms with Crippen LogP contribution in [0.25, 0.3) is 0 Å². The second-order valence-electron chi connectivity index (χ2n) is 5.78. The van der Waals surface area contributed by atoms with Crippen molar-refractivity contribution in [2.45, 2.75) is 19.3 Å². The van der Waals surface area contributed by atoms with E-state index in [0.29, 0.717) is 55.2 Å². The van der Waals surface area contributed by atoms with Crippen molar-refractivity contribution < 1.29 is 19.4 Å². The first-order valence-electron chi connectivity index (χ1n) is 8.08. The molecule has 2 rings (SSSR count). The van der Waals surface area contributed by atoms with Gasteiger partial charge in [-0.3, -0.25) is 9.59 Å². The number of nitrogens with zero attached hydrogens (tertiary/aromatic N) is 1. The summed E-state index contributed by atoms with van der Waals surface area (Å²) in [6, 6.07) is 4.97. The quantitative estimate of drug-likeness (QED) is 0.762. The molecule has 1 aliphatic heterocycles. The fourth-order valence-electron chi connectivity index (χ4n) is 2.80. The van der Waals surface area contributed by atoms with Gasteiger partial charge in [0, 0.05) is 37.2 Å². The van der Waals surface area contributed by atoms with Crippen molar-refractivity contribution in [3.8, 4) is 5.75 Å². The van der Waals surface area contributed by atoms with Crippen molar-refractivity contribution in [2.75, 3.05) is 33.4 Å². The van der Waals surface area contributed by atoms with Gasteiger partial charge in [-0.15, -0.1) is 0 Å². The van der Waals surface area contributed by atoms with Crippen LogP contribution in [0.1, 0.15) is 29.6 Å². The molecule has 1 fully saturated rings. The van der Waals surface area contributed by atoms with Crippen LogP contribution >= 0.6 is 11.6 Å². The number of amides is 2. The molecular formula is C17H23ClN2O4. The Morgan fingerprint density at radius 2 is 2.08 bits per heavy atom. The minimum absolute atomic E-state index is 0.00381. The summed E-state index contributed by atoms with van der Waals surface area (Å²) >= 11 is 5.98. The summed E-state index contributed by atoms with van der Waals surface area (Å²) in [5, 5.41) is 12.0. The first kappa shape index (κ1) is 18.5. The highest BCUT2D eigenvalue weighted by Crippen LogP contribution is 2.26. The number of piperidine rings is 1. The topological polar surface area (TPSA) is 78.9 Å². The van der Waals surface area contributed by atoms with E-state index in [4.69, 9.17) is 21.4 Å². The molecule has 7 heteroatoms. The number of ether oxygens (including phenoxy) is 1. The predicted molar refractivity (Wildman–Crippen MR) is 91.3 cm³/mol. The molecule has 0 aromatic heterocycles. The molecular weight excluding hydrogens is 332 g/mol. The summed E-state index contributed by atoms with van der Waals surface area (Å²) in [7, 11) is 1.52. The highest BCUT2D eigenvalue weighted by Gasteiger charge is 2.28. The first-order chi connectivity index (χ1) is 11.6. The van der Waals surface area contributed by atoms with E-state index in [1.165, 1.54) is 7.11 Å². The molecule has 0 atom stereocenters. The number of methoxy groups -OCH3 is 1. The van der Waals surface area contributed by atoms with E-state index in [1.807, 2.05) is 0 Å². The molecule has 0 aliphatic carbocycles. The van der Waals surface area contributed by atoms with E-state index in [9.17, 15) is 9.59 Å². The first-order valence-corrected chi connectivity index (χ1v) is 8.46. The van der Waals surface area contributed by atoms with Crippen molar-refractivity contribution >= 4 is 23.4 Å². The number of carbonyl (C=O) groups is 2. The summed E-state index contributed by atoms with van der Waals surface area (Å²) in [6.07, 6.45) is 1.80. The summed E-state index contributed by atoms with van der Waals surface area (Å²) in [4.78, 5) is 26.4. The number of carbonyl (C=O) groups excluding carboxylic acids is 2. The molecule has 0 bridgehead atoms. The summed E-state index contributed by atoms with van der Waals surface area (Å²) in [6.45, 7) is 1.59. The fraction of sp³-hybridized carbons (Fsp3) is 0.529. The van der Waals surface area contributed by atoms with Gasteiger partial charge in [-0.25, -0.2) is 0 Å². The van der Waals surface area contributed by atoms with Gasteiger partial charge in [-0.1, -0.05) is 11.6 Å². The van der Waals surface area contributed by atoms with Gasteiger partial charge in [-0.05, 0) is 37.5 Å². The van der Waals surface area contributed by atoms with Crippen LogP contribution in [0, 0.1) is 5.92 Å². The SMILES string of the molecule is COc1ccc(Cl)cc1C(=O)N1CCC(C(=O)NCCCO)CC1. The third-order valence-corrected chi connectivity index (χ3v) is 4.41. The van der Waals surface area contributed by atoms with Crippen LogP contribution < -0.4 is 10.1 Å². The molecule has 1 aromatic carbocycles. The Balaban J connectivity index is 1.93. The minimum Gasteiger partial charge on any atom is -0.496 e. The van der Waals surface area contributed by atoms with E-state index in [1.54, 1.807) is 23.1 Å². The van der Waals surface area contributed by atoms with Gasteiger partial charge in [0.1, 0.15) is 5.75 Å². The molecule has 6 nitrogen and oxygen atoms in total. The molecule has 1 heterocycles. The lowest BCUT2D eigenvalue weighted by molar-refractivity contribution is -0.126. The van der Waals surface area contributed by atoms with Crippen molar-refractivity contribution in [2.24, 2.45) is 5.92 Å². The van der Waals surface area contributed by atoms with Crippen LogP contribution in [-0.4, -0.2) is 55.2 Å². The van der Waals surface area contributed by atoms with Crippen molar-refractivity contribution in [3.63, 3.8) is 0 Å². The van der Waals surface area contributed by atoms with Crippen LogP contribution in [0.3, 0.4) is 0 Å². The fourth-order valence-corrected chi connectivity index (χ4v) is 2.97. The smallest absolute Gasteiger partial charge is 0.257 e. The highest BCUT2D eigenvalue weighted by atomic mass is 35.5. The normalized spacial score (nSPS) is 15.2. The molecule has 0 unspecified atom stereocenters. The lowest BCUT2D eigenvalue weighted by Crippen LogP contribution is -2.43. The highest BCUT2D eigenvalue weighted by molar-refractivity contribution is 6.31. The molecule has 1 saturated heterocycles. The lowest BCUT2D eigenvalue weighted by atomic mass is 9.95. The molecule has 1 aliphatic rings. The molecule has 132 valence electrons. The Labute approximate surface area is 146 Å². The van der Waals surface area contributed by atoms with E-state index in [2.05, 4.69) is 5.32 Å². The largest absolute Gasteiger partial charge is 0.496 e. The summed E-state index contributed by atoms with van der Waals surface area (Å²) in [5.74, 6) is 0.270. The second kappa shape index (κ2) is 8.89. The van der Waals surface area contributed by atoms with Gasteiger partial charge < -0.3 is 20.1 Å². The average Bonchev–Trinajstić information content (AvgIpc) is 2.61. The molecule has 2 amide bonds. The second-order valence-corrected chi connectivity index (χ2v) is 6.22. The Bertz CT molecular complexity index is 586. The zero-order valence-electron chi connectivity index (χ0n) is 13.8. The van der Waals surface area contributed by atoms with Gasteiger partial charge in [0.05, 0.1) is 12.7 Å². The molecule has 0 spiro atoms. The van der Waals surface area contributed by atoms with Crippen molar-refractivity contribution in [1.29, 1.82) is 0 Å². The van der Waals surface area contributed by atoms with Gasteiger partial charge in [0.2, 0.25) is 5.91 Å². The Morgan fingerprint density at radius 1 is 1.38 bits per heavy atom. The van der Waals surface area contributed by atoms with Crippen molar-refractivity contribution in [3.05, 3.63) is 28.8 Å². The molecule has 1 aromatic rings. The monoisotopic (exact) mass is 354 g/mol. The zero-order chi connectivity index (χ0) is 17.5. The predicted octanol–water partition coefficient (Wildman–Crippen LogP) is 1.70. The Kier molecular flexibility index (Phi) is 6.87. The number of aliphatic hydroxyl groups excluding tert-OH is 1. The van der Waals surface area contributed by atoms with E-state index in [0.717, 1.165) is 0 Å². The summed E-state index contributed by atoms with van der Waals surface area (Å²) in [5.41, 5.74) is 0.441.